The van der Waals surface area contributed by atoms with E-state index in [-0.39, 0.29) is 18.3 Å². The maximum absolute atomic E-state index is 9.35. The van der Waals surface area contributed by atoms with E-state index in [4.69, 9.17) is 11.6 Å². The largest absolute Gasteiger partial charge is 0.390 e. The molecule has 1 heterocycles. The van der Waals surface area contributed by atoms with Gasteiger partial charge in [0.2, 0.25) is 0 Å². The minimum Gasteiger partial charge on any atom is -0.390 e. The van der Waals surface area contributed by atoms with E-state index in [1.54, 1.807) is 0 Å². The molecule has 0 unspecified atom stereocenters. The number of unbranched alkanes of at least 4 members (excludes halogenated alkanes) is 1. The Hall–Kier alpha value is -0.420. The lowest BCUT2D eigenvalue weighted by atomic mass is 10.1. The van der Waals surface area contributed by atoms with Gasteiger partial charge in [-0.3, -0.25) is 9.89 Å². The summed E-state index contributed by atoms with van der Waals surface area (Å²) < 4.78 is 1.07. The van der Waals surface area contributed by atoms with Crippen LogP contribution >= 0.6 is 27.5 Å². The van der Waals surface area contributed by atoms with Crippen LogP contribution in [0.15, 0.2) is 33.7 Å². The second-order valence-electron chi connectivity index (χ2n) is 5.04. The smallest absolute Gasteiger partial charge is 0.128 e. The molecule has 0 spiro atoms. The van der Waals surface area contributed by atoms with E-state index in [1.165, 1.54) is 5.56 Å². The van der Waals surface area contributed by atoms with Gasteiger partial charge in [-0.1, -0.05) is 59.4 Å². The first kappa shape index (κ1) is 16.0. The van der Waals surface area contributed by atoms with Gasteiger partial charge in [0.15, 0.2) is 0 Å². The highest BCUT2D eigenvalue weighted by atomic mass is 79.9. The molecule has 0 saturated heterocycles. The third-order valence-electron chi connectivity index (χ3n) is 3.52. The van der Waals surface area contributed by atoms with Crippen molar-refractivity contribution in [3.05, 3.63) is 34.3 Å². The lowest BCUT2D eigenvalue weighted by Crippen LogP contribution is -2.36. The maximum atomic E-state index is 9.35. The summed E-state index contributed by atoms with van der Waals surface area (Å²) in [5.41, 5.74) is 1.59. The molecule has 1 aliphatic rings. The van der Waals surface area contributed by atoms with Crippen LogP contribution in [0.2, 0.25) is 0 Å². The fourth-order valence-electron chi connectivity index (χ4n) is 2.39. The van der Waals surface area contributed by atoms with Crippen molar-refractivity contribution in [2.24, 2.45) is 4.99 Å². The van der Waals surface area contributed by atoms with Crippen molar-refractivity contribution in [2.75, 3.05) is 6.61 Å². The fraction of sp³-hybridized carbons (Fsp3) is 0.533. The summed E-state index contributed by atoms with van der Waals surface area (Å²) in [4.78, 5) is 6.73. The zero-order valence-electron chi connectivity index (χ0n) is 11.6. The highest BCUT2D eigenvalue weighted by Gasteiger charge is 2.33. The van der Waals surface area contributed by atoms with Gasteiger partial charge in [0.1, 0.15) is 11.7 Å². The molecule has 5 heteroatoms. The van der Waals surface area contributed by atoms with Crippen molar-refractivity contribution in [3.8, 4) is 0 Å². The van der Waals surface area contributed by atoms with Crippen LogP contribution in [0.4, 0.5) is 0 Å². The lowest BCUT2D eigenvalue weighted by molar-refractivity contribution is 0.210. The van der Waals surface area contributed by atoms with Crippen LogP contribution in [-0.2, 0) is 6.54 Å². The predicted octanol–water partition coefficient (Wildman–Crippen LogP) is 3.78. The van der Waals surface area contributed by atoms with Crippen LogP contribution in [-0.4, -0.2) is 34.0 Å². The molecule has 3 nitrogen and oxygen atoms in total. The van der Waals surface area contributed by atoms with Gasteiger partial charge >= 0.3 is 0 Å². The van der Waals surface area contributed by atoms with Crippen LogP contribution in [0.3, 0.4) is 0 Å². The molecule has 0 aliphatic carbocycles. The summed E-state index contributed by atoms with van der Waals surface area (Å²) in [6, 6.07) is 8.23. The summed E-state index contributed by atoms with van der Waals surface area (Å²) in [5, 5.41) is 9.35. The average molecular weight is 360 g/mol. The number of rotatable bonds is 6. The summed E-state index contributed by atoms with van der Waals surface area (Å²) in [6.45, 7) is 2.86. The number of alkyl halides is 1. The number of benzene rings is 1. The molecule has 0 fully saturated rings. The molecule has 2 rings (SSSR count). The summed E-state index contributed by atoms with van der Waals surface area (Å²) in [6.07, 6.45) is 3.33. The van der Waals surface area contributed by atoms with Gasteiger partial charge < -0.3 is 5.11 Å². The fourth-order valence-corrected chi connectivity index (χ4v) is 2.98. The van der Waals surface area contributed by atoms with Gasteiger partial charge in [0, 0.05) is 11.0 Å². The second-order valence-corrected chi connectivity index (χ2v) is 6.37. The van der Waals surface area contributed by atoms with Crippen molar-refractivity contribution >= 4 is 33.2 Å². The Bertz CT molecular complexity index is 463. The van der Waals surface area contributed by atoms with E-state index >= 15 is 0 Å². The molecular formula is C15H20BrClN2O. The SMILES string of the molecule is CCCC[C@H]1N=C(CO)[C@H](Cl)N1Cc1ccc(Br)cc1. The zero-order valence-corrected chi connectivity index (χ0v) is 13.9. The summed E-state index contributed by atoms with van der Waals surface area (Å²) in [5.74, 6) is 0. The molecule has 1 N–H and O–H groups in total. The predicted molar refractivity (Wildman–Crippen MR) is 87.2 cm³/mol. The number of halogens is 2. The van der Waals surface area contributed by atoms with Gasteiger partial charge in [0.25, 0.3) is 0 Å². The molecule has 2 atom stereocenters. The number of aliphatic hydroxyl groups excluding tert-OH is 1. The van der Waals surface area contributed by atoms with E-state index in [0.717, 1.165) is 30.3 Å². The first-order valence-electron chi connectivity index (χ1n) is 6.97. The van der Waals surface area contributed by atoms with E-state index in [2.05, 4.69) is 44.9 Å². The number of aliphatic hydroxyl groups is 1. The number of aliphatic imine (C=N–C) groups is 1. The average Bonchev–Trinajstić information content (AvgIpc) is 2.75. The Balaban J connectivity index is 2.09. The first-order valence-corrected chi connectivity index (χ1v) is 8.20. The van der Waals surface area contributed by atoms with Crippen LogP contribution in [0.1, 0.15) is 31.7 Å². The van der Waals surface area contributed by atoms with Crippen LogP contribution in [0.25, 0.3) is 0 Å². The number of hydrogen-bond donors (Lipinski definition) is 1. The molecule has 1 aliphatic heterocycles. The van der Waals surface area contributed by atoms with Gasteiger partial charge in [-0.15, -0.1) is 0 Å². The van der Waals surface area contributed by atoms with E-state index < -0.39 is 0 Å². The molecular weight excluding hydrogens is 340 g/mol. The van der Waals surface area contributed by atoms with Crippen LogP contribution < -0.4 is 0 Å². The second kappa shape index (κ2) is 7.55. The van der Waals surface area contributed by atoms with Gasteiger partial charge in [-0.25, -0.2) is 0 Å². The van der Waals surface area contributed by atoms with Crippen molar-refractivity contribution in [1.29, 1.82) is 0 Å². The van der Waals surface area contributed by atoms with E-state index in [1.807, 2.05) is 12.1 Å². The molecule has 110 valence electrons. The van der Waals surface area contributed by atoms with Gasteiger partial charge in [-0.05, 0) is 24.1 Å². The quantitative estimate of drug-likeness (QED) is 0.620. The molecule has 1 aromatic rings. The Morgan fingerprint density at radius 3 is 2.65 bits per heavy atom. The number of nitrogens with zero attached hydrogens (tertiary/aromatic N) is 2. The van der Waals surface area contributed by atoms with Crippen molar-refractivity contribution in [3.63, 3.8) is 0 Å². The van der Waals surface area contributed by atoms with Crippen LogP contribution in [0, 0.1) is 0 Å². The lowest BCUT2D eigenvalue weighted by Gasteiger charge is -2.26. The molecule has 0 amide bonds. The molecule has 1 aromatic carbocycles. The molecule has 0 radical (unpaired) electrons. The summed E-state index contributed by atoms with van der Waals surface area (Å²) in [7, 11) is 0. The Kier molecular flexibility index (Phi) is 6.02. The third-order valence-corrected chi connectivity index (χ3v) is 4.55. The van der Waals surface area contributed by atoms with Crippen molar-refractivity contribution in [2.45, 2.75) is 44.4 Å². The van der Waals surface area contributed by atoms with Gasteiger partial charge in [0.05, 0.1) is 12.3 Å². The van der Waals surface area contributed by atoms with E-state index in [9.17, 15) is 5.11 Å². The Labute approximate surface area is 133 Å². The molecule has 0 bridgehead atoms. The highest BCUT2D eigenvalue weighted by molar-refractivity contribution is 9.10. The number of hydrogen-bond acceptors (Lipinski definition) is 3. The summed E-state index contributed by atoms with van der Waals surface area (Å²) >= 11 is 9.87. The molecule has 20 heavy (non-hydrogen) atoms. The topological polar surface area (TPSA) is 35.8 Å². The van der Waals surface area contributed by atoms with Gasteiger partial charge in [-0.2, -0.15) is 0 Å². The van der Waals surface area contributed by atoms with Crippen molar-refractivity contribution < 1.29 is 5.11 Å². The van der Waals surface area contributed by atoms with E-state index in [0.29, 0.717) is 5.71 Å². The molecule has 0 aromatic heterocycles. The molecule has 0 saturated carbocycles. The zero-order chi connectivity index (χ0) is 14.5. The Morgan fingerprint density at radius 2 is 2.05 bits per heavy atom. The Morgan fingerprint density at radius 1 is 1.35 bits per heavy atom. The third kappa shape index (κ3) is 3.82. The minimum atomic E-state index is -0.300. The monoisotopic (exact) mass is 358 g/mol. The highest BCUT2D eigenvalue weighted by Crippen LogP contribution is 2.27. The van der Waals surface area contributed by atoms with Crippen molar-refractivity contribution in [1.82, 2.24) is 4.90 Å². The first-order chi connectivity index (χ1) is 9.65. The normalized spacial score (nSPS) is 23.1. The maximum Gasteiger partial charge on any atom is 0.128 e. The standard InChI is InChI=1S/C15H20BrClN2O/c1-2-3-4-14-18-13(10-20)15(17)19(14)9-11-5-7-12(16)8-6-11/h5-8,14-15,20H,2-4,9-10H2,1H3/t14-,15+/m0/s1. The van der Waals surface area contributed by atoms with Crippen LogP contribution in [0.5, 0.6) is 0 Å². The minimum absolute atomic E-state index is 0.0619.